The van der Waals surface area contributed by atoms with Crippen LogP contribution in [0.4, 0.5) is 5.82 Å². The van der Waals surface area contributed by atoms with E-state index in [2.05, 4.69) is 33.0 Å². The number of aromatic nitrogens is 2. The van der Waals surface area contributed by atoms with Gasteiger partial charge >= 0.3 is 5.97 Å². The van der Waals surface area contributed by atoms with Crippen LogP contribution in [0.15, 0.2) is 36.5 Å². The number of esters is 1. The number of rotatable bonds is 5. The van der Waals surface area contributed by atoms with Crippen molar-refractivity contribution >= 4 is 40.3 Å². The molecule has 0 radical (unpaired) electrons. The minimum Gasteiger partial charge on any atom is -0.449 e. The van der Waals surface area contributed by atoms with E-state index in [4.69, 9.17) is 4.74 Å². The van der Waals surface area contributed by atoms with E-state index in [1.54, 1.807) is 35.1 Å². The molecule has 0 aliphatic rings. The fourth-order valence-corrected chi connectivity index (χ4v) is 2.49. The summed E-state index contributed by atoms with van der Waals surface area (Å²) in [4.78, 5) is 24.3. The molecule has 2 rings (SSSR count). The van der Waals surface area contributed by atoms with Crippen molar-refractivity contribution in [2.75, 3.05) is 5.32 Å². The van der Waals surface area contributed by atoms with Gasteiger partial charge in [0.15, 0.2) is 6.10 Å². The number of hydrogen-bond acceptors (Lipinski definition) is 4. The number of benzene rings is 1. The van der Waals surface area contributed by atoms with Gasteiger partial charge in [0.05, 0.1) is 11.8 Å². The largest absolute Gasteiger partial charge is 0.449 e. The van der Waals surface area contributed by atoms with Crippen LogP contribution in [0.25, 0.3) is 0 Å². The molecule has 6 nitrogen and oxygen atoms in total. The van der Waals surface area contributed by atoms with E-state index in [9.17, 15) is 9.59 Å². The number of amides is 1. The van der Waals surface area contributed by atoms with Gasteiger partial charge in [-0.1, -0.05) is 6.07 Å². The van der Waals surface area contributed by atoms with Gasteiger partial charge in [-0.25, -0.2) is 9.48 Å². The highest BCUT2D eigenvalue weighted by atomic mass is 127. The molecule has 1 aromatic heterocycles. The SMILES string of the molecule is CC(OC(=O)c1cccc(I)c1)C(=O)Nc1ccnn1C(C)C. The third-order valence-electron chi connectivity index (χ3n) is 3.12. The van der Waals surface area contributed by atoms with Crippen LogP contribution in [-0.4, -0.2) is 27.8 Å². The van der Waals surface area contributed by atoms with Gasteiger partial charge in [-0.2, -0.15) is 5.10 Å². The molecule has 122 valence electrons. The van der Waals surface area contributed by atoms with E-state index in [0.29, 0.717) is 11.4 Å². The van der Waals surface area contributed by atoms with E-state index in [0.717, 1.165) is 3.57 Å². The molecule has 1 atom stereocenters. The molecule has 1 unspecified atom stereocenters. The molecule has 1 N–H and O–H groups in total. The van der Waals surface area contributed by atoms with Gasteiger partial charge in [0.25, 0.3) is 5.91 Å². The van der Waals surface area contributed by atoms with Crippen LogP contribution in [-0.2, 0) is 9.53 Å². The van der Waals surface area contributed by atoms with Crippen molar-refractivity contribution in [1.82, 2.24) is 9.78 Å². The number of nitrogens with one attached hydrogen (secondary N) is 1. The minimum atomic E-state index is -0.907. The lowest BCUT2D eigenvalue weighted by atomic mass is 10.2. The second kappa shape index (κ2) is 7.58. The molecule has 0 bridgehead atoms. The van der Waals surface area contributed by atoms with E-state index in [1.165, 1.54) is 6.92 Å². The van der Waals surface area contributed by atoms with Crippen molar-refractivity contribution in [3.05, 3.63) is 45.7 Å². The normalized spacial score (nSPS) is 12.0. The first-order valence-corrected chi connectivity index (χ1v) is 8.27. The van der Waals surface area contributed by atoms with Gasteiger partial charge in [-0.15, -0.1) is 0 Å². The van der Waals surface area contributed by atoms with Crippen molar-refractivity contribution in [3.8, 4) is 0 Å². The third kappa shape index (κ3) is 4.54. The number of halogens is 1. The second-order valence-corrected chi connectivity index (χ2v) is 6.55. The van der Waals surface area contributed by atoms with E-state index < -0.39 is 18.0 Å². The summed E-state index contributed by atoms with van der Waals surface area (Å²) >= 11 is 2.11. The topological polar surface area (TPSA) is 73.2 Å². The van der Waals surface area contributed by atoms with Crippen LogP contribution < -0.4 is 5.32 Å². The summed E-state index contributed by atoms with van der Waals surface area (Å²) in [5, 5.41) is 6.86. The molecule has 0 aliphatic carbocycles. The maximum absolute atomic E-state index is 12.2. The van der Waals surface area contributed by atoms with E-state index >= 15 is 0 Å². The van der Waals surface area contributed by atoms with Crippen LogP contribution in [0.2, 0.25) is 0 Å². The molecule has 0 spiro atoms. The van der Waals surface area contributed by atoms with Gasteiger partial charge in [-0.3, -0.25) is 4.79 Å². The Bertz CT molecular complexity index is 712. The molecular formula is C16H18IN3O3. The highest BCUT2D eigenvalue weighted by Crippen LogP contribution is 2.14. The first-order chi connectivity index (χ1) is 10.9. The molecule has 0 fully saturated rings. The maximum atomic E-state index is 12.2. The quantitative estimate of drug-likeness (QED) is 0.588. The third-order valence-corrected chi connectivity index (χ3v) is 3.80. The Kier molecular flexibility index (Phi) is 5.75. The van der Waals surface area contributed by atoms with Crippen LogP contribution in [0, 0.1) is 3.57 Å². The molecule has 7 heteroatoms. The Morgan fingerprint density at radius 1 is 1.26 bits per heavy atom. The Balaban J connectivity index is 2.00. The molecule has 1 aromatic carbocycles. The lowest BCUT2D eigenvalue weighted by Gasteiger charge is -2.15. The average Bonchev–Trinajstić information content (AvgIpc) is 2.95. The predicted octanol–water partition coefficient (Wildman–Crippen LogP) is 3.25. The lowest BCUT2D eigenvalue weighted by Crippen LogP contribution is -2.31. The fourth-order valence-electron chi connectivity index (χ4n) is 1.95. The zero-order valence-corrected chi connectivity index (χ0v) is 15.3. The Morgan fingerprint density at radius 3 is 2.65 bits per heavy atom. The minimum absolute atomic E-state index is 0.115. The Labute approximate surface area is 148 Å². The number of carbonyl (C=O) groups is 2. The molecule has 1 heterocycles. The highest BCUT2D eigenvalue weighted by Gasteiger charge is 2.20. The van der Waals surface area contributed by atoms with Crippen LogP contribution in [0.5, 0.6) is 0 Å². The maximum Gasteiger partial charge on any atom is 0.338 e. The molecule has 2 aromatic rings. The first-order valence-electron chi connectivity index (χ1n) is 7.19. The summed E-state index contributed by atoms with van der Waals surface area (Å²) in [6, 6.07) is 8.82. The molecule has 0 saturated heterocycles. The van der Waals surface area contributed by atoms with Gasteiger partial charge in [0.1, 0.15) is 5.82 Å². The van der Waals surface area contributed by atoms with Crippen LogP contribution >= 0.6 is 22.6 Å². The van der Waals surface area contributed by atoms with E-state index in [1.807, 2.05) is 19.9 Å². The number of anilines is 1. The summed E-state index contributed by atoms with van der Waals surface area (Å²) in [6.45, 7) is 5.46. The van der Waals surface area contributed by atoms with Crippen molar-refractivity contribution in [2.24, 2.45) is 0 Å². The van der Waals surface area contributed by atoms with Gasteiger partial charge in [0, 0.05) is 15.7 Å². The summed E-state index contributed by atoms with van der Waals surface area (Å²) in [7, 11) is 0. The first kappa shape index (κ1) is 17.5. The van der Waals surface area contributed by atoms with Gasteiger partial charge < -0.3 is 10.1 Å². The number of carbonyl (C=O) groups excluding carboxylic acids is 2. The van der Waals surface area contributed by atoms with Gasteiger partial charge in [-0.05, 0) is 61.6 Å². The van der Waals surface area contributed by atoms with Crippen molar-refractivity contribution < 1.29 is 14.3 Å². The van der Waals surface area contributed by atoms with Crippen LogP contribution in [0.3, 0.4) is 0 Å². The zero-order valence-electron chi connectivity index (χ0n) is 13.1. The monoisotopic (exact) mass is 427 g/mol. The Morgan fingerprint density at radius 2 is 2.00 bits per heavy atom. The van der Waals surface area contributed by atoms with Crippen molar-refractivity contribution in [3.63, 3.8) is 0 Å². The van der Waals surface area contributed by atoms with Crippen LogP contribution in [0.1, 0.15) is 37.2 Å². The fraction of sp³-hybridized carbons (Fsp3) is 0.312. The highest BCUT2D eigenvalue weighted by molar-refractivity contribution is 14.1. The average molecular weight is 427 g/mol. The Hall–Kier alpha value is -1.90. The summed E-state index contributed by atoms with van der Waals surface area (Å²) < 4.78 is 7.83. The summed E-state index contributed by atoms with van der Waals surface area (Å²) in [5.74, 6) is -0.350. The molecule has 0 aliphatic heterocycles. The summed E-state index contributed by atoms with van der Waals surface area (Å²) in [6.07, 6.45) is 0.703. The molecule has 23 heavy (non-hydrogen) atoms. The lowest BCUT2D eigenvalue weighted by molar-refractivity contribution is -0.123. The molecule has 1 amide bonds. The zero-order chi connectivity index (χ0) is 17.0. The smallest absolute Gasteiger partial charge is 0.338 e. The van der Waals surface area contributed by atoms with E-state index in [-0.39, 0.29) is 6.04 Å². The number of hydrogen-bond donors (Lipinski definition) is 1. The predicted molar refractivity (Wildman–Crippen MR) is 95.3 cm³/mol. The standard InChI is InChI=1S/C16H18IN3O3/c1-10(2)20-14(7-8-18-20)19-15(21)11(3)23-16(22)12-5-4-6-13(17)9-12/h4-11H,1-3H3,(H,19,21). The van der Waals surface area contributed by atoms with Crippen molar-refractivity contribution in [1.29, 1.82) is 0 Å². The molecule has 0 saturated carbocycles. The van der Waals surface area contributed by atoms with Crippen molar-refractivity contribution in [2.45, 2.75) is 32.9 Å². The molecular weight excluding hydrogens is 409 g/mol. The number of ether oxygens (including phenoxy) is 1. The van der Waals surface area contributed by atoms with Gasteiger partial charge in [0.2, 0.25) is 0 Å². The summed E-state index contributed by atoms with van der Waals surface area (Å²) in [5.41, 5.74) is 0.420. The second-order valence-electron chi connectivity index (χ2n) is 5.30. The number of nitrogens with zero attached hydrogens (tertiary/aromatic N) is 2.